The smallest absolute Gasteiger partial charge is 0.338 e. The summed E-state index contributed by atoms with van der Waals surface area (Å²) in [5, 5.41) is 2.77. The molecule has 0 aliphatic carbocycles. The van der Waals surface area contributed by atoms with Gasteiger partial charge < -0.3 is 14.8 Å². The van der Waals surface area contributed by atoms with Gasteiger partial charge in [-0.3, -0.25) is 4.79 Å². The molecule has 0 unspecified atom stereocenters. The number of esters is 1. The minimum Gasteiger partial charge on any atom is -0.496 e. The number of nitrogens with one attached hydrogen (secondary N) is 1. The van der Waals surface area contributed by atoms with Gasteiger partial charge >= 0.3 is 5.97 Å². The predicted molar refractivity (Wildman–Crippen MR) is 125 cm³/mol. The Morgan fingerprint density at radius 2 is 1.82 bits per heavy atom. The second kappa shape index (κ2) is 10.4. The zero-order valence-corrected chi connectivity index (χ0v) is 20.2. The number of nitrogens with zero attached hydrogens (tertiary/aromatic N) is 1. The molecule has 1 saturated heterocycles. The highest BCUT2D eigenvalue weighted by atomic mass is 32.2. The van der Waals surface area contributed by atoms with E-state index in [-0.39, 0.29) is 22.8 Å². The molecule has 1 N–H and O–H groups in total. The van der Waals surface area contributed by atoms with Gasteiger partial charge in [-0.05, 0) is 68.5 Å². The molecule has 1 fully saturated rings. The molecule has 1 amide bonds. The van der Waals surface area contributed by atoms with Gasteiger partial charge in [-0.1, -0.05) is 13.0 Å². The molecular formula is C24H30N2O6S. The summed E-state index contributed by atoms with van der Waals surface area (Å²) in [5.41, 5.74) is 1.41. The molecule has 0 radical (unpaired) electrons. The van der Waals surface area contributed by atoms with Crippen LogP contribution in [-0.2, 0) is 14.8 Å². The van der Waals surface area contributed by atoms with Crippen LogP contribution in [0.5, 0.6) is 5.75 Å². The number of ether oxygens (including phenoxy) is 2. The molecule has 1 aliphatic rings. The van der Waals surface area contributed by atoms with Gasteiger partial charge in [0.2, 0.25) is 10.0 Å². The van der Waals surface area contributed by atoms with E-state index in [0.717, 1.165) is 12.8 Å². The fraction of sp³-hybridized carbons (Fsp3) is 0.417. The van der Waals surface area contributed by atoms with Crippen LogP contribution >= 0.6 is 0 Å². The van der Waals surface area contributed by atoms with Gasteiger partial charge in [0.1, 0.15) is 5.75 Å². The molecule has 0 aromatic heterocycles. The van der Waals surface area contributed by atoms with Gasteiger partial charge in [-0.15, -0.1) is 0 Å². The topological polar surface area (TPSA) is 102 Å². The number of carbonyl (C=O) groups excluding carboxylic acids is 2. The minimum absolute atomic E-state index is 0.0417. The van der Waals surface area contributed by atoms with Crippen LogP contribution in [-0.4, -0.2) is 51.4 Å². The van der Waals surface area contributed by atoms with Crippen LogP contribution in [0.2, 0.25) is 0 Å². The monoisotopic (exact) mass is 474 g/mol. The number of benzene rings is 2. The molecule has 0 bridgehead atoms. The molecule has 1 heterocycles. The van der Waals surface area contributed by atoms with E-state index >= 15 is 0 Å². The molecule has 33 heavy (non-hydrogen) atoms. The first-order valence-electron chi connectivity index (χ1n) is 10.9. The third kappa shape index (κ3) is 5.36. The standard InChI is InChI=1S/C24H30N2O6S/c1-5-32-24(28)19-7-6-8-21(17(19)3)25-23(27)20-15-18(9-10-22(20)31-4)33(29,30)26-13-11-16(2)12-14-26/h6-10,15-16H,5,11-14H2,1-4H3,(H,25,27). The number of hydrogen-bond donors (Lipinski definition) is 1. The third-order valence-corrected chi connectivity index (χ3v) is 7.77. The van der Waals surface area contributed by atoms with Crippen LogP contribution in [0.4, 0.5) is 5.69 Å². The van der Waals surface area contributed by atoms with E-state index in [1.807, 2.05) is 0 Å². The van der Waals surface area contributed by atoms with Crippen molar-refractivity contribution >= 4 is 27.6 Å². The van der Waals surface area contributed by atoms with E-state index in [0.29, 0.717) is 35.8 Å². The summed E-state index contributed by atoms with van der Waals surface area (Å²) in [4.78, 5) is 25.4. The van der Waals surface area contributed by atoms with Crippen LogP contribution in [0.1, 0.15) is 53.0 Å². The fourth-order valence-corrected chi connectivity index (χ4v) is 5.29. The molecule has 0 atom stereocenters. The molecule has 9 heteroatoms. The Labute approximate surface area is 194 Å². The Hall–Kier alpha value is -2.91. The van der Waals surface area contributed by atoms with Crippen molar-refractivity contribution in [2.45, 2.75) is 38.5 Å². The maximum absolute atomic E-state index is 13.2. The Morgan fingerprint density at radius 3 is 2.45 bits per heavy atom. The highest BCUT2D eigenvalue weighted by Gasteiger charge is 2.29. The number of sulfonamides is 1. The van der Waals surface area contributed by atoms with E-state index in [4.69, 9.17) is 9.47 Å². The first kappa shape index (κ1) is 24.7. The molecule has 2 aromatic rings. The van der Waals surface area contributed by atoms with E-state index in [1.165, 1.54) is 29.6 Å². The van der Waals surface area contributed by atoms with Crippen molar-refractivity contribution in [1.82, 2.24) is 4.31 Å². The van der Waals surface area contributed by atoms with Crippen LogP contribution in [0, 0.1) is 12.8 Å². The van der Waals surface area contributed by atoms with Crippen molar-refractivity contribution < 1.29 is 27.5 Å². The average molecular weight is 475 g/mol. The molecule has 8 nitrogen and oxygen atoms in total. The number of hydrogen-bond acceptors (Lipinski definition) is 6. The molecule has 0 saturated carbocycles. The zero-order chi connectivity index (χ0) is 24.2. The summed E-state index contributed by atoms with van der Waals surface area (Å²) in [6.45, 7) is 6.68. The molecule has 3 rings (SSSR count). The van der Waals surface area contributed by atoms with Crippen LogP contribution < -0.4 is 10.1 Å². The van der Waals surface area contributed by atoms with Gasteiger partial charge in [0, 0.05) is 18.8 Å². The van der Waals surface area contributed by atoms with Crippen molar-refractivity contribution in [2.24, 2.45) is 5.92 Å². The van der Waals surface area contributed by atoms with Crippen molar-refractivity contribution in [3.63, 3.8) is 0 Å². The number of carbonyl (C=O) groups is 2. The fourth-order valence-electron chi connectivity index (χ4n) is 3.79. The third-order valence-electron chi connectivity index (χ3n) is 5.87. The van der Waals surface area contributed by atoms with Gasteiger partial charge in [0.15, 0.2) is 0 Å². The lowest BCUT2D eigenvalue weighted by Gasteiger charge is -2.29. The molecule has 2 aromatic carbocycles. The largest absolute Gasteiger partial charge is 0.496 e. The Balaban J connectivity index is 1.91. The number of amides is 1. The Morgan fingerprint density at radius 1 is 1.12 bits per heavy atom. The second-order valence-corrected chi connectivity index (χ2v) is 10.0. The quantitative estimate of drug-likeness (QED) is 0.612. The summed E-state index contributed by atoms with van der Waals surface area (Å²) in [7, 11) is -2.32. The molecular weight excluding hydrogens is 444 g/mol. The lowest BCUT2D eigenvalue weighted by Crippen LogP contribution is -2.37. The predicted octanol–water partition coefficient (Wildman–Crippen LogP) is 3.85. The second-order valence-electron chi connectivity index (χ2n) is 8.10. The van der Waals surface area contributed by atoms with E-state index in [1.54, 1.807) is 32.0 Å². The zero-order valence-electron chi connectivity index (χ0n) is 19.4. The maximum Gasteiger partial charge on any atom is 0.338 e. The van der Waals surface area contributed by atoms with E-state index in [9.17, 15) is 18.0 Å². The van der Waals surface area contributed by atoms with E-state index < -0.39 is 21.9 Å². The lowest BCUT2D eigenvalue weighted by molar-refractivity contribution is 0.0525. The first-order valence-corrected chi connectivity index (χ1v) is 12.4. The highest BCUT2D eigenvalue weighted by molar-refractivity contribution is 7.89. The first-order chi connectivity index (χ1) is 15.7. The van der Waals surface area contributed by atoms with Crippen LogP contribution in [0.15, 0.2) is 41.3 Å². The summed E-state index contributed by atoms with van der Waals surface area (Å²) in [6.07, 6.45) is 1.61. The summed E-state index contributed by atoms with van der Waals surface area (Å²) >= 11 is 0. The maximum atomic E-state index is 13.2. The van der Waals surface area contributed by atoms with Crippen molar-refractivity contribution in [3.8, 4) is 5.75 Å². The van der Waals surface area contributed by atoms with Crippen LogP contribution in [0.25, 0.3) is 0 Å². The van der Waals surface area contributed by atoms with Gasteiger partial charge in [0.05, 0.1) is 29.7 Å². The number of methoxy groups -OCH3 is 1. The van der Waals surface area contributed by atoms with Crippen LogP contribution in [0.3, 0.4) is 0 Å². The minimum atomic E-state index is -3.74. The Bertz CT molecular complexity index is 1140. The van der Waals surface area contributed by atoms with Crippen molar-refractivity contribution in [1.29, 1.82) is 0 Å². The van der Waals surface area contributed by atoms with Gasteiger partial charge in [-0.25, -0.2) is 13.2 Å². The lowest BCUT2D eigenvalue weighted by atomic mass is 10.0. The SMILES string of the molecule is CCOC(=O)c1cccc(NC(=O)c2cc(S(=O)(=O)N3CCC(C)CC3)ccc2OC)c1C. The molecule has 1 aliphatic heterocycles. The van der Waals surface area contributed by atoms with Crippen molar-refractivity contribution in [2.75, 3.05) is 32.1 Å². The number of anilines is 1. The average Bonchev–Trinajstić information content (AvgIpc) is 2.80. The molecule has 0 spiro atoms. The van der Waals surface area contributed by atoms with Gasteiger partial charge in [0.25, 0.3) is 5.91 Å². The highest BCUT2D eigenvalue weighted by Crippen LogP contribution is 2.29. The van der Waals surface area contributed by atoms with Gasteiger partial charge in [-0.2, -0.15) is 4.31 Å². The number of rotatable bonds is 7. The summed E-state index contributed by atoms with van der Waals surface area (Å²) < 4.78 is 38.2. The normalized spacial score (nSPS) is 15.2. The number of piperidine rings is 1. The Kier molecular flexibility index (Phi) is 7.76. The summed E-state index contributed by atoms with van der Waals surface area (Å²) in [5.74, 6) is -0.284. The van der Waals surface area contributed by atoms with E-state index in [2.05, 4.69) is 12.2 Å². The molecule has 178 valence electrons. The summed E-state index contributed by atoms with van der Waals surface area (Å²) in [6, 6.07) is 9.20. The van der Waals surface area contributed by atoms with Crippen molar-refractivity contribution in [3.05, 3.63) is 53.1 Å².